The van der Waals surface area contributed by atoms with E-state index in [9.17, 15) is 9.18 Å². The predicted octanol–water partition coefficient (Wildman–Crippen LogP) is 4.21. The average molecular weight is 493 g/mol. The van der Waals surface area contributed by atoms with Gasteiger partial charge in [-0.05, 0) is 69.7 Å². The molecule has 1 aromatic carbocycles. The number of aromatic nitrogens is 3. The van der Waals surface area contributed by atoms with Crippen LogP contribution in [0, 0.1) is 0 Å². The summed E-state index contributed by atoms with van der Waals surface area (Å²) in [5.74, 6) is 1.02. The number of carbonyl (C=O) groups is 1. The quantitative estimate of drug-likeness (QED) is 0.500. The highest BCUT2D eigenvalue weighted by atomic mass is 19.1. The fourth-order valence-electron chi connectivity index (χ4n) is 5.88. The third-order valence-corrected chi connectivity index (χ3v) is 8.14. The normalized spacial score (nSPS) is 20.2. The number of halogens is 1. The molecule has 4 heterocycles. The van der Waals surface area contributed by atoms with E-state index in [0.29, 0.717) is 41.9 Å². The zero-order chi connectivity index (χ0) is 24.6. The third kappa shape index (κ3) is 4.52. The van der Waals surface area contributed by atoms with Crippen molar-refractivity contribution in [2.45, 2.75) is 56.4 Å². The number of nitrogens with zero attached hydrogens (tertiary/aromatic N) is 4. The van der Waals surface area contributed by atoms with Gasteiger partial charge < -0.3 is 25.3 Å². The number of alkyl halides is 1. The second kappa shape index (κ2) is 9.69. The van der Waals surface area contributed by atoms with Crippen molar-refractivity contribution >= 4 is 22.8 Å². The van der Waals surface area contributed by atoms with Gasteiger partial charge in [0.1, 0.15) is 11.3 Å². The Bertz CT molecular complexity index is 1240. The molecule has 0 bridgehead atoms. The summed E-state index contributed by atoms with van der Waals surface area (Å²) in [6, 6.07) is 5.52. The number of anilines is 1. The smallest absolute Gasteiger partial charge is 0.255 e. The van der Waals surface area contributed by atoms with Crippen molar-refractivity contribution in [2.24, 2.45) is 0 Å². The number of H-pyrrole nitrogens is 1. The molecular formula is C27H33FN6O2. The fourth-order valence-corrected chi connectivity index (χ4v) is 5.88. The SMILES string of the molecule is Nc1cc(OCF)ccc1C(=O)N1CCC(c2c[nH]c3ncc(C4CCN(C5CC5)CC4)nc23)CC1. The monoisotopic (exact) mass is 492 g/mol. The zero-order valence-corrected chi connectivity index (χ0v) is 20.5. The Hall–Kier alpha value is -3.20. The number of rotatable bonds is 6. The molecule has 9 heteroatoms. The first kappa shape index (κ1) is 23.2. The van der Waals surface area contributed by atoms with Gasteiger partial charge in [-0.1, -0.05) is 0 Å². The highest BCUT2D eigenvalue weighted by molar-refractivity contribution is 5.99. The molecule has 1 saturated carbocycles. The van der Waals surface area contributed by atoms with E-state index in [0.717, 1.165) is 61.7 Å². The van der Waals surface area contributed by atoms with Crippen LogP contribution in [-0.2, 0) is 0 Å². The number of fused-ring (bicyclic) bond motifs is 1. The van der Waals surface area contributed by atoms with E-state index in [-0.39, 0.29) is 5.91 Å². The highest BCUT2D eigenvalue weighted by Gasteiger charge is 2.33. The first-order valence-electron chi connectivity index (χ1n) is 13.1. The van der Waals surface area contributed by atoms with Gasteiger partial charge in [-0.3, -0.25) is 4.79 Å². The molecule has 1 amide bonds. The van der Waals surface area contributed by atoms with E-state index in [4.69, 9.17) is 20.4 Å². The lowest BCUT2D eigenvalue weighted by atomic mass is 9.90. The van der Waals surface area contributed by atoms with Crippen LogP contribution >= 0.6 is 0 Å². The van der Waals surface area contributed by atoms with Crippen LogP contribution in [0.3, 0.4) is 0 Å². The number of nitrogens with two attached hydrogens (primary N) is 1. The van der Waals surface area contributed by atoms with Crippen molar-refractivity contribution < 1.29 is 13.9 Å². The van der Waals surface area contributed by atoms with Crippen molar-refractivity contribution in [3.05, 3.63) is 47.4 Å². The van der Waals surface area contributed by atoms with Crippen LogP contribution in [0.4, 0.5) is 10.1 Å². The van der Waals surface area contributed by atoms with Gasteiger partial charge >= 0.3 is 0 Å². The van der Waals surface area contributed by atoms with Crippen LogP contribution in [0.25, 0.3) is 11.2 Å². The van der Waals surface area contributed by atoms with Crippen molar-refractivity contribution in [1.29, 1.82) is 0 Å². The molecule has 2 aromatic heterocycles. The Morgan fingerprint density at radius 1 is 1.08 bits per heavy atom. The van der Waals surface area contributed by atoms with E-state index in [1.807, 2.05) is 17.3 Å². The second-order valence-electron chi connectivity index (χ2n) is 10.3. The number of nitrogens with one attached hydrogen (secondary N) is 1. The topological polar surface area (TPSA) is 100 Å². The van der Waals surface area contributed by atoms with E-state index in [1.165, 1.54) is 24.5 Å². The molecule has 3 aromatic rings. The summed E-state index contributed by atoms with van der Waals surface area (Å²) in [6.45, 7) is 2.69. The van der Waals surface area contributed by atoms with E-state index >= 15 is 0 Å². The van der Waals surface area contributed by atoms with Crippen molar-refractivity contribution in [3.8, 4) is 5.75 Å². The number of carbonyl (C=O) groups excluding carboxylic acids is 1. The van der Waals surface area contributed by atoms with E-state index in [1.54, 1.807) is 12.1 Å². The minimum Gasteiger partial charge on any atom is -0.463 e. The molecule has 0 radical (unpaired) electrons. The van der Waals surface area contributed by atoms with Gasteiger partial charge in [0.25, 0.3) is 5.91 Å². The first-order valence-corrected chi connectivity index (χ1v) is 13.1. The highest BCUT2D eigenvalue weighted by Crippen LogP contribution is 2.36. The summed E-state index contributed by atoms with van der Waals surface area (Å²) < 4.78 is 17.3. The number of ether oxygens (including phenoxy) is 1. The largest absolute Gasteiger partial charge is 0.463 e. The van der Waals surface area contributed by atoms with Crippen LogP contribution in [0.1, 0.15) is 72.0 Å². The lowest BCUT2D eigenvalue weighted by Crippen LogP contribution is -2.38. The first-order chi connectivity index (χ1) is 17.6. The molecule has 3 N–H and O–H groups in total. The molecule has 2 aliphatic heterocycles. The molecule has 3 fully saturated rings. The molecule has 3 aliphatic rings. The maximum Gasteiger partial charge on any atom is 0.255 e. The van der Waals surface area contributed by atoms with Crippen LogP contribution in [0.2, 0.25) is 0 Å². The molecule has 1 aliphatic carbocycles. The summed E-state index contributed by atoms with van der Waals surface area (Å²) in [6.07, 6.45) is 10.7. The molecule has 0 atom stereocenters. The summed E-state index contributed by atoms with van der Waals surface area (Å²) in [5, 5.41) is 0. The van der Waals surface area contributed by atoms with E-state index in [2.05, 4.69) is 9.88 Å². The molecule has 0 spiro atoms. The minimum absolute atomic E-state index is 0.101. The number of benzene rings is 1. The lowest BCUT2D eigenvalue weighted by Gasteiger charge is -2.32. The van der Waals surface area contributed by atoms with E-state index < -0.39 is 6.86 Å². The van der Waals surface area contributed by atoms with Crippen LogP contribution < -0.4 is 10.5 Å². The summed E-state index contributed by atoms with van der Waals surface area (Å²) in [5.41, 5.74) is 10.9. The molecule has 8 nitrogen and oxygen atoms in total. The minimum atomic E-state index is -0.931. The molecule has 0 unspecified atom stereocenters. The zero-order valence-electron chi connectivity index (χ0n) is 20.5. The van der Waals surface area contributed by atoms with Gasteiger partial charge in [0.2, 0.25) is 6.86 Å². The van der Waals surface area contributed by atoms with Gasteiger partial charge in [0.15, 0.2) is 5.65 Å². The van der Waals surface area contributed by atoms with Gasteiger partial charge in [-0.15, -0.1) is 0 Å². The number of hydrogen-bond acceptors (Lipinski definition) is 6. The van der Waals surface area contributed by atoms with Crippen molar-refractivity contribution in [3.63, 3.8) is 0 Å². The van der Waals surface area contributed by atoms with Gasteiger partial charge in [-0.25, -0.2) is 14.4 Å². The lowest BCUT2D eigenvalue weighted by molar-refractivity contribution is 0.0714. The molecule has 2 saturated heterocycles. The number of hydrogen-bond donors (Lipinski definition) is 2. The Labute approximate surface area is 210 Å². The number of piperidine rings is 2. The second-order valence-corrected chi connectivity index (χ2v) is 10.3. The standard InChI is InChI=1S/C27H33FN6O2/c28-16-36-20-3-4-21(23(29)13-20)27(35)34-11-5-17(6-12-34)22-14-30-26-25(22)32-24(15-31-26)18-7-9-33(10-8-18)19-1-2-19/h3-4,13-15,17-19H,1-2,5-12,16,29H2,(H,30,31). The number of amides is 1. The Morgan fingerprint density at radius 3 is 2.53 bits per heavy atom. The van der Waals surface area contributed by atoms with Gasteiger partial charge in [0, 0.05) is 48.6 Å². The van der Waals surface area contributed by atoms with Gasteiger partial charge in [0.05, 0.1) is 17.5 Å². The third-order valence-electron chi connectivity index (χ3n) is 8.14. The fraction of sp³-hybridized carbons (Fsp3) is 0.519. The number of aromatic amines is 1. The van der Waals surface area contributed by atoms with Crippen molar-refractivity contribution in [1.82, 2.24) is 24.8 Å². The summed E-state index contributed by atoms with van der Waals surface area (Å²) in [7, 11) is 0. The van der Waals surface area contributed by atoms with Crippen LogP contribution in [0.15, 0.2) is 30.6 Å². The maximum atomic E-state index is 13.1. The van der Waals surface area contributed by atoms with Crippen molar-refractivity contribution in [2.75, 3.05) is 38.8 Å². The maximum absolute atomic E-state index is 13.1. The summed E-state index contributed by atoms with van der Waals surface area (Å²) >= 11 is 0. The van der Waals surface area contributed by atoms with Crippen LogP contribution in [0.5, 0.6) is 5.75 Å². The molecular weight excluding hydrogens is 459 g/mol. The average Bonchev–Trinajstić information content (AvgIpc) is 3.68. The Balaban J connectivity index is 1.12. The Morgan fingerprint density at radius 2 is 1.83 bits per heavy atom. The summed E-state index contributed by atoms with van der Waals surface area (Å²) in [4.78, 5) is 30.7. The number of nitrogen functional groups attached to an aromatic ring is 1. The van der Waals surface area contributed by atoms with Gasteiger partial charge in [-0.2, -0.15) is 0 Å². The van der Waals surface area contributed by atoms with Crippen LogP contribution in [-0.4, -0.2) is 69.7 Å². The molecule has 190 valence electrons. The Kier molecular flexibility index (Phi) is 6.25. The molecule has 6 rings (SSSR count). The predicted molar refractivity (Wildman–Crippen MR) is 136 cm³/mol. The molecule has 36 heavy (non-hydrogen) atoms. The number of likely N-dealkylation sites (tertiary alicyclic amines) is 2.